The van der Waals surface area contributed by atoms with Gasteiger partial charge in [-0.25, -0.2) is 4.39 Å². The molecule has 1 aromatic carbocycles. The number of hydrogen-bond donors (Lipinski definition) is 1. The number of fused-ring (bicyclic) bond motifs is 1. The molecular weight excluding hydrogens is 311 g/mol. The largest absolute Gasteiger partial charge is 0.350 e. The molecule has 0 unspecified atom stereocenters. The smallest absolute Gasteiger partial charge is 0.243 e. The number of imide groups is 1. The van der Waals surface area contributed by atoms with E-state index in [1.165, 1.54) is 13.0 Å². The molecule has 0 bridgehead atoms. The third-order valence-electron chi connectivity index (χ3n) is 4.72. The van der Waals surface area contributed by atoms with Gasteiger partial charge >= 0.3 is 0 Å². The Hall–Kier alpha value is -2.50. The zero-order valence-corrected chi connectivity index (χ0v) is 13.4. The van der Waals surface area contributed by atoms with E-state index in [0.29, 0.717) is 18.4 Å². The van der Waals surface area contributed by atoms with Crippen LogP contribution in [0.1, 0.15) is 25.3 Å². The van der Waals surface area contributed by atoms with Crippen molar-refractivity contribution in [3.8, 4) is 0 Å². The van der Waals surface area contributed by atoms with Gasteiger partial charge in [0.2, 0.25) is 17.7 Å². The molecule has 5 nitrogen and oxygen atoms in total. The van der Waals surface area contributed by atoms with Crippen LogP contribution in [0.4, 0.5) is 4.39 Å². The monoisotopic (exact) mass is 330 g/mol. The SMILES string of the molecule is C[C@@H](C(=O)NCc1ccccc1F)N1C(=O)[C@H]2CC=CC[C@@H]2C1=O. The van der Waals surface area contributed by atoms with E-state index in [1.807, 2.05) is 12.2 Å². The van der Waals surface area contributed by atoms with Crippen molar-refractivity contribution < 1.29 is 18.8 Å². The fourth-order valence-corrected chi connectivity index (χ4v) is 3.30. The van der Waals surface area contributed by atoms with E-state index in [1.54, 1.807) is 18.2 Å². The number of nitrogens with one attached hydrogen (secondary N) is 1. The minimum Gasteiger partial charge on any atom is -0.350 e. The van der Waals surface area contributed by atoms with E-state index >= 15 is 0 Å². The maximum Gasteiger partial charge on any atom is 0.243 e. The number of allylic oxidation sites excluding steroid dienone is 2. The van der Waals surface area contributed by atoms with Gasteiger partial charge in [-0.05, 0) is 25.8 Å². The Labute approximate surface area is 139 Å². The zero-order chi connectivity index (χ0) is 17.3. The summed E-state index contributed by atoms with van der Waals surface area (Å²) >= 11 is 0. The van der Waals surface area contributed by atoms with Gasteiger partial charge in [0.25, 0.3) is 0 Å². The highest BCUT2D eigenvalue weighted by molar-refractivity contribution is 6.08. The molecule has 1 aromatic rings. The normalized spacial score (nSPS) is 24.0. The highest BCUT2D eigenvalue weighted by atomic mass is 19.1. The summed E-state index contributed by atoms with van der Waals surface area (Å²) in [5.74, 6) is -2.16. The van der Waals surface area contributed by atoms with E-state index in [4.69, 9.17) is 0 Å². The summed E-state index contributed by atoms with van der Waals surface area (Å²) < 4.78 is 13.6. The van der Waals surface area contributed by atoms with Crippen molar-refractivity contribution in [1.29, 1.82) is 0 Å². The molecule has 2 aliphatic rings. The summed E-state index contributed by atoms with van der Waals surface area (Å²) in [7, 11) is 0. The van der Waals surface area contributed by atoms with E-state index in [0.717, 1.165) is 4.90 Å². The number of carbonyl (C=O) groups is 3. The topological polar surface area (TPSA) is 66.5 Å². The Morgan fingerprint density at radius 1 is 1.21 bits per heavy atom. The van der Waals surface area contributed by atoms with Gasteiger partial charge in [-0.1, -0.05) is 30.4 Å². The van der Waals surface area contributed by atoms with Crippen LogP contribution in [0.2, 0.25) is 0 Å². The fourth-order valence-electron chi connectivity index (χ4n) is 3.30. The van der Waals surface area contributed by atoms with Crippen molar-refractivity contribution in [2.24, 2.45) is 11.8 Å². The molecule has 1 aliphatic heterocycles. The van der Waals surface area contributed by atoms with Gasteiger partial charge in [0.1, 0.15) is 11.9 Å². The highest BCUT2D eigenvalue weighted by Crippen LogP contribution is 2.36. The van der Waals surface area contributed by atoms with Crippen LogP contribution in [-0.2, 0) is 20.9 Å². The van der Waals surface area contributed by atoms with Crippen LogP contribution in [0.15, 0.2) is 36.4 Å². The molecule has 0 spiro atoms. The minimum atomic E-state index is -0.901. The molecule has 3 rings (SSSR count). The van der Waals surface area contributed by atoms with Gasteiger partial charge in [-0.2, -0.15) is 0 Å². The van der Waals surface area contributed by atoms with Crippen LogP contribution in [-0.4, -0.2) is 28.7 Å². The van der Waals surface area contributed by atoms with Crippen LogP contribution in [0.5, 0.6) is 0 Å². The predicted octanol–water partition coefficient (Wildman–Crippen LogP) is 1.78. The molecule has 0 radical (unpaired) electrons. The number of carbonyl (C=O) groups excluding carboxylic acids is 3. The second-order valence-electron chi connectivity index (χ2n) is 6.19. The molecule has 24 heavy (non-hydrogen) atoms. The first kappa shape index (κ1) is 16.4. The lowest BCUT2D eigenvalue weighted by molar-refractivity contribution is -0.147. The Balaban J connectivity index is 1.66. The molecule has 126 valence electrons. The number of halogens is 1. The van der Waals surface area contributed by atoms with Crippen LogP contribution in [0.3, 0.4) is 0 Å². The molecule has 0 saturated carbocycles. The summed E-state index contributed by atoms with van der Waals surface area (Å²) in [6.45, 7) is 1.54. The first-order chi connectivity index (χ1) is 11.5. The molecule has 3 amide bonds. The average molecular weight is 330 g/mol. The summed E-state index contributed by atoms with van der Waals surface area (Å²) in [6.07, 6.45) is 4.88. The maximum absolute atomic E-state index is 13.6. The second-order valence-corrected chi connectivity index (χ2v) is 6.19. The van der Waals surface area contributed by atoms with E-state index in [-0.39, 0.29) is 30.2 Å². The summed E-state index contributed by atoms with van der Waals surface area (Å²) in [5, 5.41) is 2.60. The number of hydrogen-bond acceptors (Lipinski definition) is 3. The first-order valence-corrected chi connectivity index (χ1v) is 8.03. The van der Waals surface area contributed by atoms with Crippen LogP contribution in [0, 0.1) is 17.7 Å². The predicted molar refractivity (Wildman–Crippen MR) is 84.9 cm³/mol. The number of nitrogens with zero attached hydrogens (tertiary/aromatic N) is 1. The lowest BCUT2D eigenvalue weighted by Crippen LogP contribution is -2.48. The van der Waals surface area contributed by atoms with E-state index < -0.39 is 17.8 Å². The van der Waals surface area contributed by atoms with E-state index in [9.17, 15) is 18.8 Å². The van der Waals surface area contributed by atoms with Crippen molar-refractivity contribution in [2.45, 2.75) is 32.4 Å². The molecule has 1 N–H and O–H groups in total. The number of rotatable bonds is 4. The van der Waals surface area contributed by atoms with Crippen molar-refractivity contribution in [1.82, 2.24) is 10.2 Å². The quantitative estimate of drug-likeness (QED) is 0.676. The number of likely N-dealkylation sites (tertiary alicyclic amines) is 1. The van der Waals surface area contributed by atoms with Gasteiger partial charge in [-0.3, -0.25) is 19.3 Å². The molecular formula is C18H19FN2O3. The van der Waals surface area contributed by atoms with Crippen LogP contribution in [0.25, 0.3) is 0 Å². The lowest BCUT2D eigenvalue weighted by atomic mass is 9.85. The van der Waals surface area contributed by atoms with Crippen molar-refractivity contribution in [3.05, 3.63) is 47.8 Å². The summed E-state index contributed by atoms with van der Waals surface area (Å²) in [5.41, 5.74) is 0.356. The fraction of sp³-hybridized carbons (Fsp3) is 0.389. The number of benzene rings is 1. The molecule has 1 saturated heterocycles. The van der Waals surface area contributed by atoms with Gasteiger partial charge in [0, 0.05) is 12.1 Å². The van der Waals surface area contributed by atoms with Crippen LogP contribution < -0.4 is 5.32 Å². The minimum absolute atomic E-state index is 0.0144. The highest BCUT2D eigenvalue weighted by Gasteiger charge is 2.49. The van der Waals surface area contributed by atoms with Gasteiger partial charge in [-0.15, -0.1) is 0 Å². The second kappa shape index (κ2) is 6.55. The van der Waals surface area contributed by atoms with Gasteiger partial charge < -0.3 is 5.32 Å². The van der Waals surface area contributed by atoms with Crippen molar-refractivity contribution in [3.63, 3.8) is 0 Å². The number of amides is 3. The molecule has 0 aromatic heterocycles. The zero-order valence-electron chi connectivity index (χ0n) is 13.4. The Morgan fingerprint density at radius 3 is 2.38 bits per heavy atom. The Bertz CT molecular complexity index is 690. The lowest BCUT2D eigenvalue weighted by Gasteiger charge is -2.22. The average Bonchev–Trinajstić information content (AvgIpc) is 2.85. The first-order valence-electron chi connectivity index (χ1n) is 8.03. The van der Waals surface area contributed by atoms with E-state index in [2.05, 4.69) is 5.32 Å². The van der Waals surface area contributed by atoms with Crippen LogP contribution >= 0.6 is 0 Å². The van der Waals surface area contributed by atoms with Crippen molar-refractivity contribution >= 4 is 17.7 Å². The van der Waals surface area contributed by atoms with Gasteiger partial charge in [0.15, 0.2) is 0 Å². The molecule has 6 heteroatoms. The maximum atomic E-state index is 13.6. The molecule has 3 atom stereocenters. The third kappa shape index (κ3) is 2.84. The summed E-state index contributed by atoms with van der Waals surface area (Å²) in [4.78, 5) is 38.3. The van der Waals surface area contributed by atoms with Crippen molar-refractivity contribution in [2.75, 3.05) is 0 Å². The Morgan fingerprint density at radius 2 is 1.79 bits per heavy atom. The molecule has 1 heterocycles. The third-order valence-corrected chi connectivity index (χ3v) is 4.72. The molecule has 1 aliphatic carbocycles. The van der Waals surface area contributed by atoms with Gasteiger partial charge in [0.05, 0.1) is 11.8 Å². The Kier molecular flexibility index (Phi) is 4.46. The molecule has 1 fully saturated rings. The summed E-state index contributed by atoms with van der Waals surface area (Å²) in [6, 6.07) is 5.24. The standard InChI is InChI=1S/C18H19FN2O3/c1-11(16(22)20-10-12-6-2-5-9-15(12)19)21-17(23)13-7-3-4-8-14(13)18(21)24/h2-6,9,11,13-14H,7-8,10H2,1H3,(H,20,22)/t11-,13-,14-/m0/s1.